The lowest BCUT2D eigenvalue weighted by Crippen LogP contribution is -1.94. The minimum Gasteiger partial charge on any atom is -0.0767 e. The van der Waals surface area contributed by atoms with Crippen LogP contribution in [0.15, 0.2) is 42.5 Å². The number of hydrogen-bond donors (Lipinski definition) is 0. The van der Waals surface area contributed by atoms with Crippen LogP contribution in [0.2, 0.25) is 0 Å². The molecule has 104 valence electrons. The highest BCUT2D eigenvalue weighted by molar-refractivity contribution is 5.56. The van der Waals surface area contributed by atoms with Crippen molar-refractivity contribution >= 4 is 6.08 Å². The average Bonchev–Trinajstić information content (AvgIpc) is 2.42. The average molecular weight is 264 g/mol. The SMILES string of the molecule is Cc1ccc(C)c(C=CC(C)c2cc(C)ccc2C)c1. The van der Waals surface area contributed by atoms with Gasteiger partial charge in [0.1, 0.15) is 0 Å². The first-order chi connectivity index (χ1) is 9.47. The number of allylic oxidation sites excluding steroid dienone is 1. The predicted molar refractivity (Wildman–Crippen MR) is 89.3 cm³/mol. The second-order valence-electron chi connectivity index (χ2n) is 5.87. The van der Waals surface area contributed by atoms with E-state index in [0.717, 1.165) is 0 Å². The van der Waals surface area contributed by atoms with Crippen LogP contribution in [0.1, 0.15) is 46.2 Å². The molecule has 1 atom stereocenters. The third-order valence-corrected chi connectivity index (χ3v) is 3.92. The van der Waals surface area contributed by atoms with Gasteiger partial charge in [-0.15, -0.1) is 0 Å². The molecule has 0 spiro atoms. The Morgan fingerprint density at radius 1 is 0.800 bits per heavy atom. The van der Waals surface area contributed by atoms with Gasteiger partial charge >= 0.3 is 0 Å². The van der Waals surface area contributed by atoms with Crippen LogP contribution in [0.4, 0.5) is 0 Å². The molecule has 0 saturated heterocycles. The normalized spacial score (nSPS) is 12.8. The fourth-order valence-corrected chi connectivity index (χ4v) is 2.54. The van der Waals surface area contributed by atoms with E-state index in [4.69, 9.17) is 0 Å². The van der Waals surface area contributed by atoms with Crippen molar-refractivity contribution in [3.63, 3.8) is 0 Å². The van der Waals surface area contributed by atoms with Crippen molar-refractivity contribution in [1.29, 1.82) is 0 Å². The molecule has 1 unspecified atom stereocenters. The van der Waals surface area contributed by atoms with Crippen molar-refractivity contribution < 1.29 is 0 Å². The summed E-state index contributed by atoms with van der Waals surface area (Å²) in [7, 11) is 0. The van der Waals surface area contributed by atoms with Crippen LogP contribution in [0.5, 0.6) is 0 Å². The van der Waals surface area contributed by atoms with E-state index in [9.17, 15) is 0 Å². The summed E-state index contributed by atoms with van der Waals surface area (Å²) in [5, 5.41) is 0. The van der Waals surface area contributed by atoms with E-state index in [-0.39, 0.29) is 0 Å². The van der Waals surface area contributed by atoms with Crippen LogP contribution < -0.4 is 0 Å². The standard InChI is InChI=1S/C20H24/c1-14-6-8-16(3)19(12-14)11-10-18(5)20-13-15(2)7-9-17(20)4/h6-13,18H,1-5H3. The fourth-order valence-electron chi connectivity index (χ4n) is 2.54. The van der Waals surface area contributed by atoms with Gasteiger partial charge in [-0.1, -0.05) is 66.6 Å². The van der Waals surface area contributed by atoms with Crippen molar-refractivity contribution in [1.82, 2.24) is 0 Å². The Hall–Kier alpha value is -1.82. The van der Waals surface area contributed by atoms with Crippen LogP contribution in [-0.2, 0) is 0 Å². The first kappa shape index (κ1) is 14.6. The Labute approximate surface area is 123 Å². The summed E-state index contributed by atoms with van der Waals surface area (Å²) in [6.45, 7) is 10.9. The van der Waals surface area contributed by atoms with E-state index < -0.39 is 0 Å². The topological polar surface area (TPSA) is 0 Å². The van der Waals surface area contributed by atoms with Crippen molar-refractivity contribution in [2.75, 3.05) is 0 Å². The molecule has 0 heterocycles. The summed E-state index contributed by atoms with van der Waals surface area (Å²) < 4.78 is 0. The van der Waals surface area contributed by atoms with Gasteiger partial charge in [-0.25, -0.2) is 0 Å². The first-order valence-electron chi connectivity index (χ1n) is 7.30. The van der Waals surface area contributed by atoms with E-state index >= 15 is 0 Å². The Balaban J connectivity index is 2.26. The van der Waals surface area contributed by atoms with Gasteiger partial charge in [0, 0.05) is 0 Å². The molecule has 0 amide bonds. The van der Waals surface area contributed by atoms with Gasteiger partial charge in [-0.3, -0.25) is 0 Å². The van der Waals surface area contributed by atoms with Crippen molar-refractivity contribution in [3.05, 3.63) is 75.9 Å². The minimum absolute atomic E-state index is 0.440. The lowest BCUT2D eigenvalue weighted by molar-refractivity contribution is 0.953. The number of rotatable bonds is 3. The molecule has 0 aromatic heterocycles. The second-order valence-corrected chi connectivity index (χ2v) is 5.87. The molecular weight excluding hydrogens is 240 g/mol. The predicted octanol–water partition coefficient (Wildman–Crippen LogP) is 5.74. The van der Waals surface area contributed by atoms with E-state index in [2.05, 4.69) is 83.2 Å². The molecule has 0 radical (unpaired) electrons. The molecule has 2 aromatic rings. The summed E-state index contributed by atoms with van der Waals surface area (Å²) >= 11 is 0. The molecule has 20 heavy (non-hydrogen) atoms. The fraction of sp³-hybridized carbons (Fsp3) is 0.300. The van der Waals surface area contributed by atoms with Gasteiger partial charge < -0.3 is 0 Å². The number of hydrogen-bond acceptors (Lipinski definition) is 0. The van der Waals surface area contributed by atoms with Crippen molar-refractivity contribution in [2.45, 2.75) is 40.5 Å². The Morgan fingerprint density at radius 2 is 1.40 bits per heavy atom. The molecule has 2 aromatic carbocycles. The van der Waals surface area contributed by atoms with Gasteiger partial charge in [0.15, 0.2) is 0 Å². The smallest absolute Gasteiger partial charge is 0.000438 e. The Morgan fingerprint density at radius 3 is 2.10 bits per heavy atom. The van der Waals surface area contributed by atoms with E-state index in [1.54, 1.807) is 0 Å². The molecule has 0 N–H and O–H groups in total. The van der Waals surface area contributed by atoms with Gasteiger partial charge in [0.2, 0.25) is 0 Å². The summed E-state index contributed by atoms with van der Waals surface area (Å²) in [4.78, 5) is 0. The maximum absolute atomic E-state index is 2.31. The molecule has 0 bridgehead atoms. The first-order valence-corrected chi connectivity index (χ1v) is 7.30. The quantitative estimate of drug-likeness (QED) is 0.663. The largest absolute Gasteiger partial charge is 0.0767 e. The van der Waals surface area contributed by atoms with Gasteiger partial charge in [-0.2, -0.15) is 0 Å². The zero-order chi connectivity index (χ0) is 14.7. The van der Waals surface area contributed by atoms with Crippen LogP contribution >= 0.6 is 0 Å². The van der Waals surface area contributed by atoms with Gasteiger partial charge in [-0.05, 0) is 55.9 Å². The highest BCUT2D eigenvalue weighted by atomic mass is 14.1. The lowest BCUT2D eigenvalue weighted by atomic mass is 9.93. The monoisotopic (exact) mass is 264 g/mol. The van der Waals surface area contributed by atoms with E-state index in [1.807, 2.05) is 0 Å². The molecule has 0 saturated carbocycles. The molecule has 0 aliphatic heterocycles. The van der Waals surface area contributed by atoms with Gasteiger partial charge in [0.25, 0.3) is 0 Å². The molecular formula is C20H24. The van der Waals surface area contributed by atoms with E-state index in [1.165, 1.54) is 33.4 Å². The maximum Gasteiger partial charge on any atom is -0.000438 e. The summed E-state index contributed by atoms with van der Waals surface area (Å²) in [6, 6.07) is 13.3. The lowest BCUT2D eigenvalue weighted by Gasteiger charge is -2.12. The third-order valence-electron chi connectivity index (χ3n) is 3.92. The third kappa shape index (κ3) is 3.39. The molecule has 0 aliphatic carbocycles. The van der Waals surface area contributed by atoms with Crippen LogP contribution in [0.25, 0.3) is 6.08 Å². The highest BCUT2D eigenvalue weighted by Gasteiger charge is 2.05. The molecule has 0 aliphatic rings. The summed E-state index contributed by atoms with van der Waals surface area (Å²) in [5.41, 5.74) is 8.09. The van der Waals surface area contributed by atoms with Crippen molar-refractivity contribution in [2.24, 2.45) is 0 Å². The summed E-state index contributed by atoms with van der Waals surface area (Å²) in [6.07, 6.45) is 4.57. The zero-order valence-corrected chi connectivity index (χ0v) is 13.2. The van der Waals surface area contributed by atoms with E-state index in [0.29, 0.717) is 5.92 Å². The highest BCUT2D eigenvalue weighted by Crippen LogP contribution is 2.23. The number of aryl methyl sites for hydroxylation is 4. The molecule has 0 heteroatoms. The van der Waals surface area contributed by atoms with Crippen molar-refractivity contribution in [3.8, 4) is 0 Å². The molecule has 0 nitrogen and oxygen atoms in total. The van der Waals surface area contributed by atoms with Gasteiger partial charge in [0.05, 0.1) is 0 Å². The van der Waals surface area contributed by atoms with Crippen LogP contribution in [0, 0.1) is 27.7 Å². The Kier molecular flexibility index (Phi) is 4.44. The van der Waals surface area contributed by atoms with Crippen LogP contribution in [0.3, 0.4) is 0 Å². The second kappa shape index (κ2) is 6.09. The Bertz CT molecular complexity index is 632. The number of benzene rings is 2. The summed E-state index contributed by atoms with van der Waals surface area (Å²) in [5.74, 6) is 0.440. The molecule has 0 fully saturated rings. The maximum atomic E-state index is 2.31. The minimum atomic E-state index is 0.440. The van der Waals surface area contributed by atoms with Crippen LogP contribution in [-0.4, -0.2) is 0 Å². The zero-order valence-electron chi connectivity index (χ0n) is 13.2. The molecule has 2 rings (SSSR count).